The summed E-state index contributed by atoms with van der Waals surface area (Å²) >= 11 is 0. The summed E-state index contributed by atoms with van der Waals surface area (Å²) in [5.41, 5.74) is 2.74. The highest BCUT2D eigenvalue weighted by Gasteiger charge is 2.37. The molecular weight excluding hydrogens is 394 g/mol. The highest BCUT2D eigenvalue weighted by Crippen LogP contribution is 2.46. The Hall–Kier alpha value is -3.54. The third-order valence-corrected chi connectivity index (χ3v) is 5.24. The van der Waals surface area contributed by atoms with Crippen molar-refractivity contribution in [3.05, 3.63) is 65.2 Å². The lowest BCUT2D eigenvalue weighted by Gasteiger charge is -2.19. The van der Waals surface area contributed by atoms with Gasteiger partial charge >= 0.3 is 5.97 Å². The highest BCUT2D eigenvalue weighted by molar-refractivity contribution is 6.16. The Morgan fingerprint density at radius 2 is 1.71 bits per heavy atom. The number of benzene rings is 3. The summed E-state index contributed by atoms with van der Waals surface area (Å²) < 4.78 is 12.2. The third-order valence-electron chi connectivity index (χ3n) is 5.24. The summed E-state index contributed by atoms with van der Waals surface area (Å²) in [5.74, 6) is 0.255. The van der Waals surface area contributed by atoms with E-state index in [0.29, 0.717) is 41.5 Å². The van der Waals surface area contributed by atoms with Crippen molar-refractivity contribution in [3.8, 4) is 11.5 Å². The summed E-state index contributed by atoms with van der Waals surface area (Å²) in [6.45, 7) is 6.65. The quantitative estimate of drug-likeness (QED) is 0.595. The van der Waals surface area contributed by atoms with Gasteiger partial charge in [-0.1, -0.05) is 36.4 Å². The van der Waals surface area contributed by atoms with Crippen molar-refractivity contribution in [2.24, 2.45) is 0 Å². The van der Waals surface area contributed by atoms with Gasteiger partial charge in [0.1, 0.15) is 11.5 Å². The van der Waals surface area contributed by atoms with E-state index in [4.69, 9.17) is 14.6 Å². The fourth-order valence-corrected chi connectivity index (χ4v) is 4.01. The molecule has 0 radical (unpaired) electrons. The number of carboxylic acid groups (broad SMARTS) is 1. The second-order valence-electron chi connectivity index (χ2n) is 7.79. The van der Waals surface area contributed by atoms with E-state index >= 15 is 0 Å². The molecule has 0 spiro atoms. The van der Waals surface area contributed by atoms with Gasteiger partial charge in [-0.3, -0.25) is 9.59 Å². The molecule has 0 saturated heterocycles. The normalized spacial score (nSPS) is 13.0. The zero-order valence-electron chi connectivity index (χ0n) is 17.8. The molecule has 0 unspecified atom stereocenters. The molecular formula is C25H25NO5. The molecule has 1 aliphatic rings. The molecule has 31 heavy (non-hydrogen) atoms. The smallest absolute Gasteiger partial charge is 0.307 e. The molecule has 6 nitrogen and oxygen atoms in total. The van der Waals surface area contributed by atoms with E-state index in [0.717, 1.165) is 16.3 Å². The molecule has 0 fully saturated rings. The monoisotopic (exact) mass is 419 g/mol. The van der Waals surface area contributed by atoms with Crippen LogP contribution in [0.15, 0.2) is 48.5 Å². The van der Waals surface area contributed by atoms with Crippen molar-refractivity contribution in [3.63, 3.8) is 0 Å². The predicted octanol–water partition coefficient (Wildman–Crippen LogP) is 4.81. The second kappa shape index (κ2) is 8.30. The van der Waals surface area contributed by atoms with Gasteiger partial charge in [0.25, 0.3) is 5.91 Å². The number of carbonyl (C=O) groups is 2. The maximum absolute atomic E-state index is 13.6. The van der Waals surface area contributed by atoms with Gasteiger partial charge in [0.2, 0.25) is 0 Å². The summed E-state index contributed by atoms with van der Waals surface area (Å²) in [4.78, 5) is 26.2. The number of hydrogen-bond donors (Lipinski definition) is 1. The minimum absolute atomic E-state index is 0.0549. The minimum Gasteiger partial charge on any atom is -0.493 e. The maximum Gasteiger partial charge on any atom is 0.307 e. The summed E-state index contributed by atoms with van der Waals surface area (Å²) in [6.07, 6.45) is -0.150. The first-order valence-electron chi connectivity index (χ1n) is 10.4. The number of hydrogen-bond acceptors (Lipinski definition) is 4. The summed E-state index contributed by atoms with van der Waals surface area (Å²) in [6, 6.07) is 14.9. The van der Waals surface area contributed by atoms with Gasteiger partial charge < -0.3 is 19.5 Å². The van der Waals surface area contributed by atoms with Gasteiger partial charge in [0.15, 0.2) is 0 Å². The number of ether oxygens (including phenoxy) is 2. The fourth-order valence-electron chi connectivity index (χ4n) is 4.01. The Kier molecular flexibility index (Phi) is 5.55. The molecule has 1 heterocycles. The van der Waals surface area contributed by atoms with Crippen LogP contribution in [-0.4, -0.2) is 29.7 Å². The topological polar surface area (TPSA) is 76.1 Å². The molecule has 3 aromatic rings. The number of carbonyl (C=O) groups excluding carboxylic acids is 1. The number of aliphatic carboxylic acids is 1. The Morgan fingerprint density at radius 3 is 2.29 bits per heavy atom. The number of amides is 1. The van der Waals surface area contributed by atoms with Gasteiger partial charge in [-0.05, 0) is 38.5 Å². The zero-order valence-corrected chi connectivity index (χ0v) is 17.8. The Labute approximate surface area is 181 Å². The molecule has 1 amide bonds. The first-order chi connectivity index (χ1) is 14.9. The van der Waals surface area contributed by atoms with Crippen molar-refractivity contribution >= 4 is 28.3 Å². The lowest BCUT2D eigenvalue weighted by molar-refractivity contribution is -0.136. The summed E-state index contributed by atoms with van der Waals surface area (Å²) in [7, 11) is 0. The standard InChI is InChI=1S/C25H25NO5/c1-4-30-23-18-7-5-6-8-19(18)24(31-15(2)3)22-20(23)14-26(25(22)29)17-11-9-16(10-12-17)13-21(27)28/h5-12,15H,4,13-14H2,1-3H3,(H,27,28). The van der Waals surface area contributed by atoms with Gasteiger partial charge in [0.05, 0.1) is 31.2 Å². The number of fused-ring (bicyclic) bond motifs is 2. The molecule has 0 saturated carbocycles. The minimum atomic E-state index is -0.888. The molecule has 0 bridgehead atoms. The molecule has 6 heteroatoms. The average molecular weight is 419 g/mol. The highest BCUT2D eigenvalue weighted by atomic mass is 16.5. The molecule has 1 N–H and O–H groups in total. The van der Waals surface area contributed by atoms with Crippen molar-refractivity contribution < 1.29 is 24.2 Å². The number of rotatable bonds is 7. The van der Waals surface area contributed by atoms with Gasteiger partial charge in [-0.15, -0.1) is 0 Å². The molecule has 3 aromatic carbocycles. The molecule has 0 aliphatic carbocycles. The number of nitrogens with zero attached hydrogens (tertiary/aromatic N) is 1. The number of carboxylic acids is 1. The molecule has 0 atom stereocenters. The SMILES string of the molecule is CCOc1c2c(c(OC(C)C)c3ccccc13)C(=O)N(c1ccc(CC(=O)O)cc1)C2. The van der Waals surface area contributed by atoms with Crippen LogP contribution in [0.25, 0.3) is 10.8 Å². The van der Waals surface area contributed by atoms with Crippen LogP contribution in [0, 0.1) is 0 Å². The van der Waals surface area contributed by atoms with Crippen molar-refractivity contribution in [1.82, 2.24) is 0 Å². The van der Waals surface area contributed by atoms with E-state index in [-0.39, 0.29) is 18.4 Å². The zero-order chi connectivity index (χ0) is 22.1. The summed E-state index contributed by atoms with van der Waals surface area (Å²) in [5, 5.41) is 10.8. The first kappa shape index (κ1) is 20.7. The van der Waals surface area contributed by atoms with Gasteiger partial charge in [-0.2, -0.15) is 0 Å². The van der Waals surface area contributed by atoms with Crippen LogP contribution >= 0.6 is 0 Å². The van der Waals surface area contributed by atoms with Gasteiger partial charge in [-0.25, -0.2) is 0 Å². The molecule has 0 aromatic heterocycles. The van der Waals surface area contributed by atoms with Crippen LogP contribution in [0.1, 0.15) is 42.3 Å². The lowest BCUT2D eigenvalue weighted by Crippen LogP contribution is -2.23. The van der Waals surface area contributed by atoms with E-state index in [1.54, 1.807) is 29.2 Å². The Balaban J connectivity index is 1.84. The van der Waals surface area contributed by atoms with Crippen LogP contribution < -0.4 is 14.4 Å². The molecule has 4 rings (SSSR count). The van der Waals surface area contributed by atoms with Crippen LogP contribution in [-0.2, 0) is 17.8 Å². The van der Waals surface area contributed by atoms with Crippen LogP contribution in [0.3, 0.4) is 0 Å². The first-order valence-corrected chi connectivity index (χ1v) is 10.4. The third kappa shape index (κ3) is 3.81. The van der Waals surface area contributed by atoms with Crippen LogP contribution in [0.4, 0.5) is 5.69 Å². The van der Waals surface area contributed by atoms with E-state index in [2.05, 4.69) is 0 Å². The maximum atomic E-state index is 13.6. The predicted molar refractivity (Wildman–Crippen MR) is 119 cm³/mol. The Morgan fingerprint density at radius 1 is 1.06 bits per heavy atom. The largest absolute Gasteiger partial charge is 0.493 e. The van der Waals surface area contributed by atoms with Crippen molar-refractivity contribution in [2.45, 2.75) is 39.8 Å². The van der Waals surface area contributed by atoms with Crippen LogP contribution in [0.5, 0.6) is 11.5 Å². The van der Waals surface area contributed by atoms with E-state index in [1.807, 2.05) is 45.0 Å². The van der Waals surface area contributed by atoms with Crippen LogP contribution in [0.2, 0.25) is 0 Å². The van der Waals surface area contributed by atoms with E-state index in [1.165, 1.54) is 0 Å². The number of anilines is 1. The van der Waals surface area contributed by atoms with Crippen molar-refractivity contribution in [1.29, 1.82) is 0 Å². The molecule has 160 valence electrons. The molecule has 1 aliphatic heterocycles. The van der Waals surface area contributed by atoms with E-state index < -0.39 is 5.97 Å². The Bertz CT molecular complexity index is 1150. The lowest BCUT2D eigenvalue weighted by atomic mass is 9.99. The van der Waals surface area contributed by atoms with Crippen molar-refractivity contribution in [2.75, 3.05) is 11.5 Å². The fraction of sp³-hybridized carbons (Fsp3) is 0.280. The average Bonchev–Trinajstić information content (AvgIpc) is 3.07. The van der Waals surface area contributed by atoms with E-state index in [9.17, 15) is 9.59 Å². The second-order valence-corrected chi connectivity index (χ2v) is 7.79. The van der Waals surface area contributed by atoms with Gasteiger partial charge in [0, 0.05) is 22.0 Å².